The van der Waals surface area contributed by atoms with E-state index in [1.165, 1.54) is 5.56 Å². The van der Waals surface area contributed by atoms with Gasteiger partial charge in [0.25, 0.3) is 0 Å². The molecule has 3 heteroatoms. The number of rotatable bonds is 6. The Morgan fingerprint density at radius 2 is 1.76 bits per heavy atom. The summed E-state index contributed by atoms with van der Waals surface area (Å²) in [5, 5.41) is 3.50. The third kappa shape index (κ3) is 4.87. The first kappa shape index (κ1) is 15.5. The van der Waals surface area contributed by atoms with Crippen LogP contribution in [0.4, 0.5) is 0 Å². The van der Waals surface area contributed by atoms with Crippen LogP contribution in [0.3, 0.4) is 0 Å². The summed E-state index contributed by atoms with van der Waals surface area (Å²) in [7, 11) is 0. The predicted octanol–water partition coefficient (Wildman–Crippen LogP) is 4.03. The van der Waals surface area contributed by atoms with Gasteiger partial charge in [-0.05, 0) is 57.5 Å². The number of hydrogen-bond donors (Lipinski definition) is 1. The van der Waals surface area contributed by atoms with Crippen molar-refractivity contribution in [1.82, 2.24) is 10.3 Å². The lowest BCUT2D eigenvalue weighted by atomic mass is 10.1. The second-order valence-corrected chi connectivity index (χ2v) is 5.61. The number of aryl methyl sites for hydroxylation is 1. The van der Waals surface area contributed by atoms with Crippen LogP contribution in [0.5, 0.6) is 5.75 Å². The van der Waals surface area contributed by atoms with E-state index in [-0.39, 0.29) is 12.1 Å². The maximum absolute atomic E-state index is 5.66. The van der Waals surface area contributed by atoms with E-state index < -0.39 is 0 Å². The van der Waals surface area contributed by atoms with Crippen molar-refractivity contribution in [2.45, 2.75) is 46.4 Å². The van der Waals surface area contributed by atoms with Gasteiger partial charge in [-0.1, -0.05) is 18.2 Å². The second-order valence-electron chi connectivity index (χ2n) is 5.61. The standard InChI is InChI=1S/C18H24N2O/c1-13(2)21-18-10-8-16(9-11-18)15(4)19-12-17-7-5-6-14(3)20-17/h5-11,13,15,19H,12H2,1-4H3. The van der Waals surface area contributed by atoms with Gasteiger partial charge in [0.15, 0.2) is 0 Å². The van der Waals surface area contributed by atoms with E-state index in [1.807, 2.05) is 51.1 Å². The fraction of sp³-hybridized carbons (Fsp3) is 0.389. The first-order chi connectivity index (χ1) is 10.0. The van der Waals surface area contributed by atoms with Gasteiger partial charge >= 0.3 is 0 Å². The molecule has 0 bridgehead atoms. The molecule has 1 atom stereocenters. The van der Waals surface area contributed by atoms with Crippen molar-refractivity contribution in [3.63, 3.8) is 0 Å². The summed E-state index contributed by atoms with van der Waals surface area (Å²) in [6, 6.07) is 14.7. The summed E-state index contributed by atoms with van der Waals surface area (Å²) in [6.07, 6.45) is 0.207. The van der Waals surface area contributed by atoms with E-state index in [9.17, 15) is 0 Å². The zero-order valence-electron chi connectivity index (χ0n) is 13.3. The first-order valence-corrected chi connectivity index (χ1v) is 7.47. The number of nitrogens with one attached hydrogen (secondary N) is 1. The Kier molecular flexibility index (Phi) is 5.34. The van der Waals surface area contributed by atoms with Crippen LogP contribution in [-0.2, 0) is 6.54 Å². The van der Waals surface area contributed by atoms with Crippen LogP contribution >= 0.6 is 0 Å². The van der Waals surface area contributed by atoms with Crippen molar-refractivity contribution in [2.75, 3.05) is 0 Å². The van der Waals surface area contributed by atoms with Gasteiger partial charge in [-0.2, -0.15) is 0 Å². The van der Waals surface area contributed by atoms with Crippen molar-refractivity contribution in [1.29, 1.82) is 0 Å². The molecule has 0 radical (unpaired) electrons. The zero-order valence-corrected chi connectivity index (χ0v) is 13.3. The molecular formula is C18H24N2O. The van der Waals surface area contributed by atoms with Gasteiger partial charge < -0.3 is 10.1 Å². The van der Waals surface area contributed by atoms with Crippen molar-refractivity contribution in [3.05, 3.63) is 59.4 Å². The highest BCUT2D eigenvalue weighted by molar-refractivity contribution is 5.29. The number of pyridine rings is 1. The molecule has 21 heavy (non-hydrogen) atoms. The first-order valence-electron chi connectivity index (χ1n) is 7.47. The van der Waals surface area contributed by atoms with Crippen LogP contribution in [0.2, 0.25) is 0 Å². The summed E-state index contributed by atoms with van der Waals surface area (Å²) in [5.74, 6) is 0.918. The van der Waals surface area contributed by atoms with E-state index in [2.05, 4.69) is 29.4 Å². The molecule has 0 saturated carbocycles. The van der Waals surface area contributed by atoms with E-state index in [0.29, 0.717) is 0 Å². The van der Waals surface area contributed by atoms with Gasteiger partial charge in [-0.15, -0.1) is 0 Å². The average Bonchev–Trinajstić information content (AvgIpc) is 2.45. The van der Waals surface area contributed by atoms with Crippen LogP contribution in [0, 0.1) is 6.92 Å². The minimum Gasteiger partial charge on any atom is -0.491 e. The minimum atomic E-state index is 0.207. The summed E-state index contributed by atoms with van der Waals surface area (Å²) in [6.45, 7) is 9.02. The van der Waals surface area contributed by atoms with E-state index in [1.54, 1.807) is 0 Å². The molecule has 1 aromatic carbocycles. The molecule has 1 unspecified atom stereocenters. The Hall–Kier alpha value is -1.87. The zero-order chi connectivity index (χ0) is 15.2. The largest absolute Gasteiger partial charge is 0.491 e. The van der Waals surface area contributed by atoms with Gasteiger partial charge in [0.05, 0.1) is 11.8 Å². The Morgan fingerprint density at radius 3 is 2.38 bits per heavy atom. The topological polar surface area (TPSA) is 34.1 Å². The Morgan fingerprint density at radius 1 is 1.05 bits per heavy atom. The van der Waals surface area contributed by atoms with Crippen molar-refractivity contribution < 1.29 is 4.74 Å². The number of nitrogens with zero attached hydrogens (tertiary/aromatic N) is 1. The Bertz CT molecular complexity index is 564. The molecule has 1 N–H and O–H groups in total. The van der Waals surface area contributed by atoms with Crippen molar-refractivity contribution >= 4 is 0 Å². The van der Waals surface area contributed by atoms with Gasteiger partial charge in [-0.3, -0.25) is 4.98 Å². The molecular weight excluding hydrogens is 260 g/mol. The van der Waals surface area contributed by atoms with Crippen LogP contribution < -0.4 is 10.1 Å². The third-order valence-corrected chi connectivity index (χ3v) is 3.29. The van der Waals surface area contributed by atoms with Crippen molar-refractivity contribution in [2.24, 2.45) is 0 Å². The van der Waals surface area contributed by atoms with Gasteiger partial charge in [0, 0.05) is 18.3 Å². The second kappa shape index (κ2) is 7.23. The van der Waals surface area contributed by atoms with Crippen LogP contribution in [-0.4, -0.2) is 11.1 Å². The highest BCUT2D eigenvalue weighted by atomic mass is 16.5. The molecule has 0 spiro atoms. The van der Waals surface area contributed by atoms with Gasteiger partial charge in [0.2, 0.25) is 0 Å². The SMILES string of the molecule is Cc1cccc(CNC(C)c2ccc(OC(C)C)cc2)n1. The molecule has 0 aliphatic rings. The van der Waals surface area contributed by atoms with Gasteiger partial charge in [0.1, 0.15) is 5.75 Å². The number of benzene rings is 1. The maximum atomic E-state index is 5.66. The fourth-order valence-electron chi connectivity index (χ4n) is 2.18. The molecule has 112 valence electrons. The lowest BCUT2D eigenvalue weighted by Crippen LogP contribution is -2.18. The molecule has 1 heterocycles. The normalized spacial score (nSPS) is 12.4. The Labute approximate surface area is 127 Å². The molecule has 0 fully saturated rings. The summed E-state index contributed by atoms with van der Waals surface area (Å²) < 4.78 is 5.66. The van der Waals surface area contributed by atoms with Crippen LogP contribution in [0.15, 0.2) is 42.5 Å². The molecule has 2 rings (SSSR count). The molecule has 1 aromatic heterocycles. The number of aromatic nitrogens is 1. The maximum Gasteiger partial charge on any atom is 0.119 e. The summed E-state index contributed by atoms with van der Waals surface area (Å²) >= 11 is 0. The van der Waals surface area contributed by atoms with Crippen LogP contribution in [0.1, 0.15) is 43.8 Å². The van der Waals surface area contributed by atoms with Gasteiger partial charge in [-0.25, -0.2) is 0 Å². The highest BCUT2D eigenvalue weighted by Crippen LogP contribution is 2.18. The predicted molar refractivity (Wildman–Crippen MR) is 86.4 cm³/mol. The van der Waals surface area contributed by atoms with E-state index in [4.69, 9.17) is 4.74 Å². The number of ether oxygens (including phenoxy) is 1. The molecule has 0 aliphatic heterocycles. The van der Waals surface area contributed by atoms with Crippen LogP contribution in [0.25, 0.3) is 0 Å². The Balaban J connectivity index is 1.92. The highest BCUT2D eigenvalue weighted by Gasteiger charge is 2.06. The molecule has 0 amide bonds. The lowest BCUT2D eigenvalue weighted by molar-refractivity contribution is 0.242. The molecule has 3 nitrogen and oxygen atoms in total. The third-order valence-electron chi connectivity index (χ3n) is 3.29. The number of hydrogen-bond acceptors (Lipinski definition) is 3. The quantitative estimate of drug-likeness (QED) is 0.869. The van der Waals surface area contributed by atoms with Crippen molar-refractivity contribution in [3.8, 4) is 5.75 Å². The van der Waals surface area contributed by atoms with E-state index >= 15 is 0 Å². The molecule has 0 aliphatic carbocycles. The fourth-order valence-corrected chi connectivity index (χ4v) is 2.18. The smallest absolute Gasteiger partial charge is 0.119 e. The summed E-state index contributed by atoms with van der Waals surface area (Å²) in [5.41, 5.74) is 3.37. The lowest BCUT2D eigenvalue weighted by Gasteiger charge is -2.15. The monoisotopic (exact) mass is 284 g/mol. The minimum absolute atomic E-state index is 0.207. The molecule has 0 saturated heterocycles. The van der Waals surface area contributed by atoms with E-state index in [0.717, 1.165) is 23.7 Å². The average molecular weight is 284 g/mol. The molecule has 2 aromatic rings. The summed E-state index contributed by atoms with van der Waals surface area (Å²) in [4.78, 5) is 4.50.